The molecule has 0 saturated carbocycles. The maximum absolute atomic E-state index is 9.00. The minimum Gasteiger partial charge on any atom is -0.481 e. The van der Waals surface area contributed by atoms with Crippen molar-refractivity contribution in [2.45, 2.75) is 6.92 Å². The van der Waals surface area contributed by atoms with Gasteiger partial charge in [0.05, 0.1) is 0 Å². The summed E-state index contributed by atoms with van der Waals surface area (Å²) in [6, 6.07) is 0. The summed E-state index contributed by atoms with van der Waals surface area (Å²) in [6.07, 6.45) is 0. The zero-order valence-electron chi connectivity index (χ0n) is 5.63. The third-order valence-electron chi connectivity index (χ3n) is 0.333. The molecule has 0 saturated heterocycles. The third kappa shape index (κ3) is 95.0. The number of hydrogen-bond donors (Lipinski definition) is 1. The Morgan fingerprint density at radius 2 is 1.78 bits per heavy atom. The van der Waals surface area contributed by atoms with Gasteiger partial charge in [-0.2, -0.15) is 0 Å². The minimum atomic E-state index is -0.833. The van der Waals surface area contributed by atoms with Gasteiger partial charge in [-0.15, -0.1) is 0 Å². The van der Waals surface area contributed by atoms with E-state index in [1.165, 1.54) is 0 Å². The summed E-state index contributed by atoms with van der Waals surface area (Å²) in [7, 11) is 0. The van der Waals surface area contributed by atoms with Gasteiger partial charge >= 0.3 is 39.6 Å². The van der Waals surface area contributed by atoms with Crippen molar-refractivity contribution in [2.24, 2.45) is 0 Å². The van der Waals surface area contributed by atoms with E-state index < -0.39 is 5.97 Å². The SMILES string of the molecule is C=[CH][Zn][CH]=C.CC(=O)O. The molecule has 0 aliphatic rings. The van der Waals surface area contributed by atoms with Crippen LogP contribution in [-0.4, -0.2) is 11.1 Å². The van der Waals surface area contributed by atoms with Crippen LogP contribution in [0.2, 0.25) is 0 Å². The predicted octanol–water partition coefficient (Wildman–Crippen LogP) is 1.45. The van der Waals surface area contributed by atoms with Crippen LogP contribution < -0.4 is 0 Å². The molecule has 0 aliphatic carbocycles. The van der Waals surface area contributed by atoms with E-state index >= 15 is 0 Å². The molecule has 2 nitrogen and oxygen atoms in total. The second kappa shape index (κ2) is 10.5. The molecule has 0 heterocycles. The maximum atomic E-state index is 9.00. The van der Waals surface area contributed by atoms with E-state index in [1.54, 1.807) is 0 Å². The number of hydrogen-bond acceptors (Lipinski definition) is 1. The average Bonchev–Trinajstić information content (AvgIpc) is 1.66. The monoisotopic (exact) mass is 178 g/mol. The molecule has 0 aromatic carbocycles. The molecular formula is C6H10O2Zn. The van der Waals surface area contributed by atoms with Crippen molar-refractivity contribution in [3.63, 3.8) is 0 Å². The molecule has 48 valence electrons. The van der Waals surface area contributed by atoms with Gasteiger partial charge in [0.25, 0.3) is 5.97 Å². The van der Waals surface area contributed by atoms with Crippen molar-refractivity contribution in [3.8, 4) is 0 Å². The summed E-state index contributed by atoms with van der Waals surface area (Å²) < 4.78 is 4.00. The van der Waals surface area contributed by atoms with E-state index in [-0.39, 0.29) is 17.1 Å². The minimum absolute atomic E-state index is 0.375. The Hall–Kier alpha value is -0.427. The van der Waals surface area contributed by atoms with Crippen molar-refractivity contribution < 1.29 is 27.0 Å². The first-order valence-electron chi connectivity index (χ1n) is 2.56. The number of carbonyl (C=O) groups is 1. The molecule has 3 heteroatoms. The van der Waals surface area contributed by atoms with Crippen molar-refractivity contribution >= 4 is 5.97 Å². The van der Waals surface area contributed by atoms with Gasteiger partial charge in [-0.3, -0.25) is 4.79 Å². The number of rotatable bonds is 2. The molecule has 0 unspecified atom stereocenters. The molecule has 0 aromatic heterocycles. The first-order chi connectivity index (χ1) is 4.15. The maximum Gasteiger partial charge on any atom is 0.300 e. The number of carboxylic acid groups (broad SMARTS) is 1. The Balaban J connectivity index is 0. The molecule has 0 radical (unpaired) electrons. The summed E-state index contributed by atoms with van der Waals surface area (Å²) in [5.74, 6) is -0.833. The van der Waals surface area contributed by atoms with Crippen LogP contribution >= 0.6 is 0 Å². The topological polar surface area (TPSA) is 37.3 Å². The standard InChI is InChI=1S/C2H4O2.2C2H3.Zn/c1-2(3)4;2*1-2;/h1H3,(H,3,4);2*1H,2H2;. The van der Waals surface area contributed by atoms with E-state index in [2.05, 4.69) is 13.2 Å². The zero-order chi connectivity index (χ0) is 7.70. The van der Waals surface area contributed by atoms with E-state index in [9.17, 15) is 0 Å². The van der Waals surface area contributed by atoms with Crippen molar-refractivity contribution in [2.75, 3.05) is 0 Å². The Bertz CT molecular complexity index is 89.2. The summed E-state index contributed by atoms with van der Waals surface area (Å²) in [5.41, 5.74) is 0. The molecule has 1 N–H and O–H groups in total. The quantitative estimate of drug-likeness (QED) is 0.652. The summed E-state index contributed by atoms with van der Waals surface area (Å²) in [6.45, 7) is 8.21. The van der Waals surface area contributed by atoms with Gasteiger partial charge in [-0.05, 0) is 0 Å². The van der Waals surface area contributed by atoms with Crippen LogP contribution in [0.3, 0.4) is 0 Å². The summed E-state index contributed by atoms with van der Waals surface area (Å²) >= 11 is -0.375. The van der Waals surface area contributed by atoms with Gasteiger partial charge < -0.3 is 5.11 Å². The van der Waals surface area contributed by atoms with E-state index in [4.69, 9.17) is 9.90 Å². The molecule has 0 amide bonds. The normalized spacial score (nSPS) is 5.44. The average molecular weight is 180 g/mol. The molecule has 0 rings (SSSR count). The first-order valence-corrected chi connectivity index (χ1v) is 5.99. The van der Waals surface area contributed by atoms with Crippen molar-refractivity contribution in [3.05, 3.63) is 22.5 Å². The second-order valence-electron chi connectivity index (χ2n) is 1.33. The third-order valence-corrected chi connectivity index (χ3v) is 1.73. The van der Waals surface area contributed by atoms with Gasteiger partial charge in [0, 0.05) is 6.92 Å². The Morgan fingerprint density at radius 1 is 1.56 bits per heavy atom. The smallest absolute Gasteiger partial charge is 0.300 e. The van der Waals surface area contributed by atoms with Crippen LogP contribution in [0.1, 0.15) is 6.92 Å². The fraction of sp³-hybridized carbons (Fsp3) is 0.167. The zero-order valence-corrected chi connectivity index (χ0v) is 8.60. The summed E-state index contributed by atoms with van der Waals surface area (Å²) in [4.78, 5) is 9.00. The van der Waals surface area contributed by atoms with Crippen LogP contribution in [0, 0.1) is 0 Å². The first kappa shape index (κ1) is 11.4. The molecular weight excluding hydrogens is 169 g/mol. The van der Waals surface area contributed by atoms with Gasteiger partial charge in [0.2, 0.25) is 0 Å². The number of carboxylic acids is 1. The molecule has 0 atom stereocenters. The van der Waals surface area contributed by atoms with Crippen molar-refractivity contribution in [1.29, 1.82) is 0 Å². The van der Waals surface area contributed by atoms with Crippen LogP contribution in [0.15, 0.2) is 22.5 Å². The van der Waals surface area contributed by atoms with Gasteiger partial charge in [0.1, 0.15) is 0 Å². The predicted molar refractivity (Wildman–Crippen MR) is 33.7 cm³/mol. The van der Waals surface area contributed by atoms with Crippen LogP contribution in [-0.2, 0) is 21.9 Å². The fourth-order valence-electron chi connectivity index (χ4n) is 0.118. The number of aliphatic carboxylic acids is 1. The largest absolute Gasteiger partial charge is 0.481 e. The molecule has 9 heavy (non-hydrogen) atoms. The molecule has 0 aromatic rings. The van der Waals surface area contributed by atoms with Gasteiger partial charge in [-0.1, -0.05) is 0 Å². The van der Waals surface area contributed by atoms with Crippen LogP contribution in [0.5, 0.6) is 0 Å². The molecule has 0 aliphatic heterocycles. The van der Waals surface area contributed by atoms with Crippen LogP contribution in [0.4, 0.5) is 0 Å². The summed E-state index contributed by atoms with van der Waals surface area (Å²) in [5, 5.41) is 7.42. The van der Waals surface area contributed by atoms with Crippen molar-refractivity contribution in [1.82, 2.24) is 0 Å². The second-order valence-corrected chi connectivity index (χ2v) is 4.74. The Kier molecular flexibility index (Phi) is 13.3. The fourth-order valence-corrected chi connectivity index (χ4v) is 0.612. The van der Waals surface area contributed by atoms with Crippen LogP contribution in [0.25, 0.3) is 0 Å². The van der Waals surface area contributed by atoms with Gasteiger partial charge in [0.15, 0.2) is 0 Å². The molecule has 0 spiro atoms. The Morgan fingerprint density at radius 3 is 1.78 bits per heavy atom. The molecule has 0 bridgehead atoms. The van der Waals surface area contributed by atoms with E-state index in [0.717, 1.165) is 6.92 Å². The van der Waals surface area contributed by atoms with Gasteiger partial charge in [-0.25, -0.2) is 0 Å². The Labute approximate surface area is 62.9 Å². The molecule has 0 fully saturated rings. The van der Waals surface area contributed by atoms with E-state index in [0.29, 0.717) is 0 Å². The van der Waals surface area contributed by atoms with E-state index in [1.807, 2.05) is 9.34 Å².